The second-order valence-electron chi connectivity index (χ2n) is 8.20. The lowest BCUT2D eigenvalue weighted by molar-refractivity contribution is 0.323. The number of nitrogens with zero attached hydrogens (tertiary/aromatic N) is 2. The first-order valence-corrected chi connectivity index (χ1v) is 11.1. The van der Waals surface area contributed by atoms with Gasteiger partial charge in [-0.1, -0.05) is 84.9 Å². The molecular weight excluding hydrogens is 410 g/mol. The molecule has 0 unspecified atom stereocenters. The largest absolute Gasteiger partial charge is 0.475 e. The van der Waals surface area contributed by atoms with E-state index in [0.29, 0.717) is 25.0 Å². The van der Waals surface area contributed by atoms with Gasteiger partial charge in [0.15, 0.2) is 0 Å². The minimum atomic E-state index is 0.0286. The van der Waals surface area contributed by atoms with Crippen LogP contribution >= 0.6 is 0 Å². The highest BCUT2D eigenvalue weighted by Crippen LogP contribution is 2.24. The van der Waals surface area contributed by atoms with Gasteiger partial charge in [-0.2, -0.15) is 0 Å². The zero-order chi connectivity index (χ0) is 22.0. The van der Waals surface area contributed by atoms with Crippen LogP contribution in [0.25, 0.3) is 22.9 Å². The van der Waals surface area contributed by atoms with Gasteiger partial charge in [0.05, 0.1) is 10.7 Å². The number of benzene rings is 3. The molecule has 2 aliphatic heterocycles. The number of hydrogen-bond donors (Lipinski definition) is 1. The summed E-state index contributed by atoms with van der Waals surface area (Å²) in [5, 5.41) is 4.14. The van der Waals surface area contributed by atoms with Crippen molar-refractivity contribution < 1.29 is 9.47 Å². The first kappa shape index (κ1) is 19.6. The molecule has 162 valence electrons. The van der Waals surface area contributed by atoms with Crippen LogP contribution in [0, 0.1) is 0 Å². The molecule has 0 radical (unpaired) electrons. The number of aromatic amines is 1. The van der Waals surface area contributed by atoms with E-state index < -0.39 is 0 Å². The summed E-state index contributed by atoms with van der Waals surface area (Å²) in [5.41, 5.74) is 2.33. The third-order valence-electron chi connectivity index (χ3n) is 6.03. The Bertz CT molecular complexity index is 1360. The normalized spacial score (nSPS) is 21.1. The van der Waals surface area contributed by atoms with Gasteiger partial charge in [-0.15, -0.1) is 0 Å². The van der Waals surface area contributed by atoms with E-state index >= 15 is 0 Å². The molecule has 0 saturated heterocycles. The average Bonchev–Trinajstić information content (AvgIpc) is 3.61. The zero-order valence-electron chi connectivity index (χ0n) is 18.0. The van der Waals surface area contributed by atoms with Gasteiger partial charge in [0.2, 0.25) is 11.8 Å². The van der Waals surface area contributed by atoms with E-state index in [-0.39, 0.29) is 12.1 Å². The highest BCUT2D eigenvalue weighted by molar-refractivity contribution is 6.09. The fraction of sp³-hybridized carbons (Fsp3) is 0.143. The minimum absolute atomic E-state index is 0.0286. The highest BCUT2D eigenvalue weighted by atomic mass is 16.5. The van der Waals surface area contributed by atoms with E-state index in [1.165, 1.54) is 0 Å². The van der Waals surface area contributed by atoms with Crippen LogP contribution in [0.2, 0.25) is 0 Å². The third kappa shape index (κ3) is 3.94. The van der Waals surface area contributed by atoms with Gasteiger partial charge in [0.1, 0.15) is 25.3 Å². The van der Waals surface area contributed by atoms with Crippen molar-refractivity contribution in [1.82, 2.24) is 4.98 Å². The number of aromatic nitrogens is 1. The van der Waals surface area contributed by atoms with Crippen LogP contribution in [0.15, 0.2) is 94.9 Å². The van der Waals surface area contributed by atoms with Crippen molar-refractivity contribution in [3.63, 3.8) is 0 Å². The summed E-state index contributed by atoms with van der Waals surface area (Å²) in [4.78, 5) is 13.1. The van der Waals surface area contributed by atoms with Gasteiger partial charge in [-0.3, -0.25) is 0 Å². The molecule has 4 aromatic rings. The van der Waals surface area contributed by atoms with Crippen LogP contribution in [0.3, 0.4) is 0 Å². The summed E-state index contributed by atoms with van der Waals surface area (Å²) in [5.74, 6) is 1.28. The van der Waals surface area contributed by atoms with Crippen LogP contribution in [0.1, 0.15) is 23.2 Å². The van der Waals surface area contributed by atoms with Gasteiger partial charge in [-0.05, 0) is 11.1 Å². The molecule has 5 heteroatoms. The Balaban J connectivity index is 1.37. The third-order valence-corrected chi connectivity index (χ3v) is 6.03. The fourth-order valence-electron chi connectivity index (χ4n) is 4.34. The quantitative estimate of drug-likeness (QED) is 0.528. The number of fused-ring (bicyclic) bond motifs is 1. The SMILES string of the molecule is C(C1=N[C@@H](c2ccccc2)CO1)=c1[nH]/c(=C\C2=N[C@@H](c3ccccc3)CO2)c2ccccc12. The molecule has 1 aromatic heterocycles. The van der Waals surface area contributed by atoms with E-state index in [0.717, 1.165) is 32.6 Å². The predicted molar refractivity (Wildman–Crippen MR) is 132 cm³/mol. The highest BCUT2D eigenvalue weighted by Gasteiger charge is 2.20. The summed E-state index contributed by atoms with van der Waals surface area (Å²) in [6.07, 6.45) is 3.96. The number of H-pyrrole nitrogens is 1. The molecule has 0 bridgehead atoms. The Labute approximate surface area is 191 Å². The molecule has 2 atom stereocenters. The van der Waals surface area contributed by atoms with Crippen molar-refractivity contribution in [3.05, 3.63) is 107 Å². The predicted octanol–water partition coefficient (Wildman–Crippen LogP) is 4.07. The molecule has 33 heavy (non-hydrogen) atoms. The van der Waals surface area contributed by atoms with E-state index in [2.05, 4.69) is 41.4 Å². The van der Waals surface area contributed by atoms with Crippen molar-refractivity contribution in [3.8, 4) is 0 Å². The Kier molecular flexibility index (Phi) is 5.00. The lowest BCUT2D eigenvalue weighted by atomic mass is 10.1. The van der Waals surface area contributed by atoms with Crippen molar-refractivity contribution in [2.75, 3.05) is 13.2 Å². The van der Waals surface area contributed by atoms with E-state index in [4.69, 9.17) is 19.5 Å². The number of ether oxygens (including phenoxy) is 2. The first-order valence-electron chi connectivity index (χ1n) is 11.1. The van der Waals surface area contributed by atoms with Gasteiger partial charge in [0, 0.05) is 22.9 Å². The van der Waals surface area contributed by atoms with Crippen molar-refractivity contribution in [1.29, 1.82) is 0 Å². The lowest BCUT2D eigenvalue weighted by Crippen LogP contribution is -2.14. The second kappa shape index (κ2) is 8.43. The smallest absolute Gasteiger partial charge is 0.211 e. The molecular formula is C28H23N3O2. The van der Waals surface area contributed by atoms with Gasteiger partial charge in [0.25, 0.3) is 0 Å². The topological polar surface area (TPSA) is 59.0 Å². The fourth-order valence-corrected chi connectivity index (χ4v) is 4.34. The van der Waals surface area contributed by atoms with Gasteiger partial charge in [-0.25, -0.2) is 9.98 Å². The molecule has 2 aliphatic rings. The molecule has 3 aromatic carbocycles. The van der Waals surface area contributed by atoms with Crippen LogP contribution in [-0.4, -0.2) is 30.0 Å². The first-order chi connectivity index (χ1) is 16.3. The minimum Gasteiger partial charge on any atom is -0.475 e. The lowest BCUT2D eigenvalue weighted by Gasteiger charge is -2.03. The van der Waals surface area contributed by atoms with E-state index in [1.54, 1.807) is 0 Å². The van der Waals surface area contributed by atoms with E-state index in [1.807, 2.05) is 60.7 Å². The number of rotatable bonds is 4. The molecule has 6 rings (SSSR count). The van der Waals surface area contributed by atoms with Crippen molar-refractivity contribution >= 4 is 34.7 Å². The number of aliphatic imine (C=N–C) groups is 2. The molecule has 0 spiro atoms. The molecule has 0 fully saturated rings. The van der Waals surface area contributed by atoms with Gasteiger partial charge < -0.3 is 14.5 Å². The Morgan fingerprint density at radius 1 is 0.606 bits per heavy atom. The monoisotopic (exact) mass is 433 g/mol. The Hall–Kier alpha value is -4.12. The molecule has 0 saturated carbocycles. The van der Waals surface area contributed by atoms with Gasteiger partial charge >= 0.3 is 0 Å². The number of hydrogen-bond acceptors (Lipinski definition) is 4. The standard InChI is InChI=1S/C28H23N3O2/c1-3-9-19(10-4-1)25-17-32-27(30-25)15-23-21-13-7-8-14-22(21)24(29-23)16-28-31-26(18-33-28)20-11-5-2-6-12-20/h1-16,25-26,29H,17-18H2/b23-15-,24-16?/t25-,26-/m1/s1. The Morgan fingerprint density at radius 3 is 1.48 bits per heavy atom. The summed E-state index contributed by atoms with van der Waals surface area (Å²) in [6, 6.07) is 28.8. The Morgan fingerprint density at radius 2 is 1.03 bits per heavy atom. The van der Waals surface area contributed by atoms with Crippen molar-refractivity contribution in [2.24, 2.45) is 9.98 Å². The maximum absolute atomic E-state index is 5.89. The van der Waals surface area contributed by atoms with E-state index in [9.17, 15) is 0 Å². The second-order valence-corrected chi connectivity index (χ2v) is 8.20. The van der Waals surface area contributed by atoms with Crippen LogP contribution in [0.5, 0.6) is 0 Å². The van der Waals surface area contributed by atoms with Crippen LogP contribution < -0.4 is 10.7 Å². The summed E-state index contributed by atoms with van der Waals surface area (Å²) in [6.45, 7) is 1.11. The summed E-state index contributed by atoms with van der Waals surface area (Å²) < 4.78 is 11.8. The molecule has 5 nitrogen and oxygen atoms in total. The number of nitrogens with one attached hydrogen (secondary N) is 1. The molecule has 0 aliphatic carbocycles. The average molecular weight is 434 g/mol. The molecule has 1 N–H and O–H groups in total. The molecule has 0 amide bonds. The zero-order valence-corrected chi connectivity index (χ0v) is 18.0. The van der Waals surface area contributed by atoms with Crippen LogP contribution in [-0.2, 0) is 9.47 Å². The van der Waals surface area contributed by atoms with Crippen LogP contribution in [0.4, 0.5) is 0 Å². The maximum Gasteiger partial charge on any atom is 0.211 e. The maximum atomic E-state index is 5.89. The summed E-state index contributed by atoms with van der Waals surface area (Å²) >= 11 is 0. The van der Waals surface area contributed by atoms with Crippen molar-refractivity contribution in [2.45, 2.75) is 12.1 Å². The molecule has 3 heterocycles. The summed E-state index contributed by atoms with van der Waals surface area (Å²) in [7, 11) is 0.